The zero-order valence-electron chi connectivity index (χ0n) is 21.3. The fourth-order valence-electron chi connectivity index (χ4n) is 8.83. The van der Waals surface area contributed by atoms with Gasteiger partial charge in [-0.25, -0.2) is 0 Å². The van der Waals surface area contributed by atoms with Crippen LogP contribution in [-0.2, 0) is 4.74 Å². The molecule has 2 spiro atoms. The van der Waals surface area contributed by atoms with E-state index in [4.69, 9.17) is 4.74 Å². The maximum atomic E-state index is 11.6. The molecule has 3 fully saturated rings. The molecular formula is C30H36N2O4. The monoisotopic (exact) mass is 488 g/mol. The first-order valence-electron chi connectivity index (χ1n) is 13.4. The van der Waals surface area contributed by atoms with E-state index >= 15 is 0 Å². The molecule has 2 saturated carbocycles. The summed E-state index contributed by atoms with van der Waals surface area (Å²) in [5.41, 5.74) is 1.99. The van der Waals surface area contributed by atoms with Crippen LogP contribution in [0.4, 0.5) is 0 Å². The van der Waals surface area contributed by atoms with Gasteiger partial charge in [-0.05, 0) is 85.8 Å². The van der Waals surface area contributed by atoms with Crippen molar-refractivity contribution in [2.75, 3.05) is 14.1 Å². The Morgan fingerprint density at radius 3 is 2.72 bits per heavy atom. The lowest BCUT2D eigenvalue weighted by Gasteiger charge is -2.56. The summed E-state index contributed by atoms with van der Waals surface area (Å²) in [5, 5.41) is 35.9. The Kier molecular flexibility index (Phi) is 4.79. The Morgan fingerprint density at radius 2 is 1.92 bits per heavy atom. The number of aromatic nitrogens is 1. The van der Waals surface area contributed by atoms with Crippen LogP contribution in [0.2, 0.25) is 0 Å². The molecule has 1 aromatic heterocycles. The predicted octanol–water partition coefficient (Wildman–Crippen LogP) is 3.32. The number of aliphatic hydroxyl groups excluding tert-OH is 3. The van der Waals surface area contributed by atoms with Gasteiger partial charge in [-0.2, -0.15) is 0 Å². The molecule has 9 atom stereocenters. The van der Waals surface area contributed by atoms with Crippen molar-refractivity contribution < 1.29 is 20.1 Å². The fraction of sp³-hybridized carbons (Fsp3) is 0.567. The second-order valence-corrected chi connectivity index (χ2v) is 12.4. The molecule has 6 heteroatoms. The van der Waals surface area contributed by atoms with Crippen LogP contribution in [-0.4, -0.2) is 74.9 Å². The molecule has 3 heterocycles. The Balaban J connectivity index is 1.32. The molecule has 36 heavy (non-hydrogen) atoms. The quantitative estimate of drug-likeness (QED) is 0.601. The van der Waals surface area contributed by atoms with Crippen molar-refractivity contribution in [3.05, 3.63) is 65.5 Å². The van der Waals surface area contributed by atoms with Crippen LogP contribution in [0, 0.1) is 11.3 Å². The highest BCUT2D eigenvalue weighted by Gasteiger charge is 2.69. The first-order chi connectivity index (χ1) is 17.2. The van der Waals surface area contributed by atoms with Gasteiger partial charge in [0.05, 0.1) is 23.4 Å². The maximum absolute atomic E-state index is 11.6. The molecule has 190 valence electrons. The summed E-state index contributed by atoms with van der Waals surface area (Å²) in [6, 6.07) is 8.39. The highest BCUT2D eigenvalue weighted by molar-refractivity contribution is 5.82. The molecule has 1 saturated heterocycles. The summed E-state index contributed by atoms with van der Waals surface area (Å²) in [6.07, 6.45) is 9.89. The molecule has 7 rings (SSSR count). The topological polar surface area (TPSA) is 86.1 Å². The van der Waals surface area contributed by atoms with E-state index in [9.17, 15) is 15.3 Å². The zero-order chi connectivity index (χ0) is 25.0. The van der Waals surface area contributed by atoms with E-state index in [2.05, 4.69) is 42.3 Å². The summed E-state index contributed by atoms with van der Waals surface area (Å²) in [6.45, 7) is 2.34. The SMILES string of the molecule is CN(C)[C@H]1C[C@@]23CC[C@]4(O2)C(=CC[C@@]2(C)[C@H]4C[C@H](O)[C@@H]2c2ccc4ccncc4c2)C=C3[C@@H](O)[C@@H]1O. The summed E-state index contributed by atoms with van der Waals surface area (Å²) in [4.78, 5) is 6.32. The summed E-state index contributed by atoms with van der Waals surface area (Å²) < 4.78 is 7.21. The molecule has 0 radical (unpaired) electrons. The second-order valence-electron chi connectivity index (χ2n) is 12.4. The number of nitrogens with zero attached hydrogens (tertiary/aromatic N) is 2. The van der Waals surface area contributed by atoms with Gasteiger partial charge in [0.25, 0.3) is 0 Å². The molecule has 2 bridgehead atoms. The molecule has 0 amide bonds. The number of fused-ring (bicyclic) bond motifs is 2. The lowest BCUT2D eigenvalue weighted by molar-refractivity contribution is -0.165. The first-order valence-corrected chi connectivity index (χ1v) is 13.4. The van der Waals surface area contributed by atoms with Crippen LogP contribution in [0.5, 0.6) is 0 Å². The smallest absolute Gasteiger partial charge is 0.105 e. The Bertz CT molecular complexity index is 1300. The minimum Gasteiger partial charge on any atom is -0.392 e. The molecule has 3 aliphatic carbocycles. The van der Waals surface area contributed by atoms with Gasteiger partial charge in [-0.15, -0.1) is 0 Å². The van der Waals surface area contributed by atoms with Gasteiger partial charge in [0, 0.05) is 35.7 Å². The van der Waals surface area contributed by atoms with Crippen LogP contribution in [0.15, 0.2) is 60.0 Å². The van der Waals surface area contributed by atoms with Gasteiger partial charge < -0.3 is 25.0 Å². The number of pyridine rings is 1. The van der Waals surface area contributed by atoms with E-state index < -0.39 is 29.5 Å². The van der Waals surface area contributed by atoms with Crippen molar-refractivity contribution in [1.29, 1.82) is 0 Å². The highest BCUT2D eigenvalue weighted by Crippen LogP contribution is 2.69. The third kappa shape index (κ3) is 2.82. The Hall–Kier alpha value is -2.09. The first kappa shape index (κ1) is 23.1. The third-order valence-electron chi connectivity index (χ3n) is 10.6. The molecule has 2 aromatic rings. The Morgan fingerprint density at radius 1 is 1.08 bits per heavy atom. The number of likely N-dealkylation sites (N-methyl/N-ethyl adjacent to an activating group) is 1. The lowest BCUT2D eigenvalue weighted by Crippen LogP contribution is -2.61. The summed E-state index contributed by atoms with van der Waals surface area (Å²) >= 11 is 0. The van der Waals surface area contributed by atoms with Gasteiger partial charge in [0.1, 0.15) is 6.10 Å². The maximum Gasteiger partial charge on any atom is 0.105 e. The van der Waals surface area contributed by atoms with E-state index in [1.807, 2.05) is 37.5 Å². The van der Waals surface area contributed by atoms with Gasteiger partial charge in [-0.3, -0.25) is 4.98 Å². The second kappa shape index (κ2) is 7.49. The summed E-state index contributed by atoms with van der Waals surface area (Å²) in [7, 11) is 3.92. The van der Waals surface area contributed by atoms with E-state index in [1.165, 1.54) is 5.56 Å². The van der Waals surface area contributed by atoms with Crippen LogP contribution in [0.3, 0.4) is 0 Å². The van der Waals surface area contributed by atoms with Gasteiger partial charge in [0.2, 0.25) is 0 Å². The van der Waals surface area contributed by atoms with E-state index in [-0.39, 0.29) is 23.3 Å². The third-order valence-corrected chi connectivity index (χ3v) is 10.6. The van der Waals surface area contributed by atoms with Gasteiger partial charge in [-0.1, -0.05) is 31.2 Å². The van der Waals surface area contributed by atoms with Crippen molar-refractivity contribution >= 4 is 10.8 Å². The minimum atomic E-state index is -0.926. The molecule has 1 aromatic carbocycles. The molecular weight excluding hydrogens is 452 g/mol. The summed E-state index contributed by atoms with van der Waals surface area (Å²) in [5.74, 6) is 0.187. The molecule has 0 unspecified atom stereocenters. The number of hydrogen-bond acceptors (Lipinski definition) is 6. The largest absolute Gasteiger partial charge is 0.392 e. The van der Waals surface area contributed by atoms with E-state index in [0.717, 1.165) is 41.2 Å². The van der Waals surface area contributed by atoms with Gasteiger partial charge >= 0.3 is 0 Å². The van der Waals surface area contributed by atoms with Crippen molar-refractivity contribution in [1.82, 2.24) is 9.88 Å². The average Bonchev–Trinajstić information content (AvgIpc) is 3.32. The zero-order valence-corrected chi connectivity index (χ0v) is 21.3. The van der Waals surface area contributed by atoms with E-state index in [0.29, 0.717) is 12.8 Å². The van der Waals surface area contributed by atoms with Crippen LogP contribution < -0.4 is 0 Å². The normalized spacial score (nSPS) is 45.2. The number of rotatable bonds is 2. The van der Waals surface area contributed by atoms with Crippen LogP contribution in [0.25, 0.3) is 10.8 Å². The molecule has 6 nitrogen and oxygen atoms in total. The van der Waals surface area contributed by atoms with Crippen LogP contribution >= 0.6 is 0 Å². The Labute approximate surface area is 212 Å². The number of hydrogen-bond donors (Lipinski definition) is 3. The molecule has 5 aliphatic rings. The predicted molar refractivity (Wildman–Crippen MR) is 137 cm³/mol. The van der Waals surface area contributed by atoms with E-state index in [1.54, 1.807) is 0 Å². The number of allylic oxidation sites excluding steroid dienone is 1. The molecule has 2 aliphatic heterocycles. The average molecular weight is 489 g/mol. The fourth-order valence-corrected chi connectivity index (χ4v) is 8.83. The number of ether oxygens (including phenoxy) is 1. The van der Waals surface area contributed by atoms with Gasteiger partial charge in [0.15, 0.2) is 0 Å². The number of benzene rings is 1. The molecule has 3 N–H and O–H groups in total. The minimum absolute atomic E-state index is 0.0121. The van der Waals surface area contributed by atoms with Crippen LogP contribution in [0.1, 0.15) is 50.5 Å². The van der Waals surface area contributed by atoms with Crippen molar-refractivity contribution in [3.63, 3.8) is 0 Å². The lowest BCUT2D eigenvalue weighted by atomic mass is 9.58. The number of aliphatic hydroxyl groups is 3. The van der Waals surface area contributed by atoms with Crippen molar-refractivity contribution in [2.45, 2.75) is 80.5 Å². The highest BCUT2D eigenvalue weighted by atomic mass is 16.5. The van der Waals surface area contributed by atoms with Crippen molar-refractivity contribution in [3.8, 4) is 0 Å². The van der Waals surface area contributed by atoms with Crippen molar-refractivity contribution in [2.24, 2.45) is 11.3 Å². The standard InChI is InChI=1S/C30H36N2O4/c1-28-8-6-20-13-21-26(34)27(35)22(32(2)3)15-29(21)9-10-30(20,36-29)24(28)14-23(33)25(28)18-5-4-17-7-11-31-16-19(17)12-18/h4-7,11-13,16,22-27,33-35H,8-10,14-15H2,1-3H3/t22-,23-,24+,25-,26+,27+,28-,29+,30-/m0/s1.